The largest absolute Gasteiger partial charge is 0.496 e. The number of nitrogens with zero attached hydrogens (tertiary/aromatic N) is 2. The molecule has 0 spiro atoms. The Hall–Kier alpha value is -3.87. The summed E-state index contributed by atoms with van der Waals surface area (Å²) in [6, 6.07) is 5.03. The van der Waals surface area contributed by atoms with Crippen molar-refractivity contribution < 1.29 is 46.9 Å². The number of carbonyl (C=O) groups excluding carboxylic acids is 2. The third-order valence-electron chi connectivity index (χ3n) is 8.71. The molecule has 3 atom stereocenters. The molecule has 4 bridgehead atoms. The molecule has 10 nitrogen and oxygen atoms in total. The molecule has 1 aromatic carbocycles. The maximum atomic E-state index is 14.1. The second kappa shape index (κ2) is 16.1. The van der Waals surface area contributed by atoms with E-state index in [9.17, 15) is 22.8 Å². The van der Waals surface area contributed by atoms with Crippen LogP contribution >= 0.6 is 0 Å². The molecule has 2 aliphatic heterocycles. The van der Waals surface area contributed by atoms with Gasteiger partial charge in [0.25, 0.3) is 0 Å². The van der Waals surface area contributed by atoms with Gasteiger partial charge in [-0.2, -0.15) is 13.2 Å². The molecule has 1 aliphatic carbocycles. The first-order valence-electron chi connectivity index (χ1n) is 15.7. The van der Waals surface area contributed by atoms with Crippen LogP contribution in [0, 0.1) is 5.92 Å². The summed E-state index contributed by atoms with van der Waals surface area (Å²) in [4.78, 5) is 42.1. The molecular weight excluding hydrogens is 607 g/mol. The number of alkyl halides is 3. The van der Waals surface area contributed by atoms with E-state index in [2.05, 4.69) is 28.5 Å². The number of esters is 1. The first-order valence-corrected chi connectivity index (χ1v) is 15.7. The van der Waals surface area contributed by atoms with Gasteiger partial charge in [0.2, 0.25) is 11.8 Å². The molecule has 3 aliphatic rings. The summed E-state index contributed by atoms with van der Waals surface area (Å²) in [6.07, 6.45) is 10.7. The number of methoxy groups -OCH3 is 2. The van der Waals surface area contributed by atoms with Crippen molar-refractivity contribution in [1.82, 2.24) is 15.2 Å². The summed E-state index contributed by atoms with van der Waals surface area (Å²) in [6.45, 7) is 1.11. The van der Waals surface area contributed by atoms with Crippen molar-refractivity contribution in [2.24, 2.45) is 5.92 Å². The molecule has 252 valence electrons. The quantitative estimate of drug-likeness (QED) is 0.413. The van der Waals surface area contributed by atoms with E-state index in [0.717, 1.165) is 80.0 Å². The van der Waals surface area contributed by atoms with Crippen molar-refractivity contribution in [2.75, 3.05) is 27.3 Å². The number of halogens is 3. The Morgan fingerprint density at radius 1 is 1.09 bits per heavy atom. The van der Waals surface area contributed by atoms with Gasteiger partial charge in [0.1, 0.15) is 17.9 Å². The number of fused-ring (bicyclic) bond motifs is 3. The average molecular weight is 650 g/mol. The highest BCUT2D eigenvalue weighted by molar-refractivity contribution is 5.91. The van der Waals surface area contributed by atoms with E-state index in [-0.39, 0.29) is 24.0 Å². The van der Waals surface area contributed by atoms with Crippen molar-refractivity contribution in [3.63, 3.8) is 0 Å². The van der Waals surface area contributed by atoms with Crippen LogP contribution < -0.4 is 14.8 Å². The van der Waals surface area contributed by atoms with Crippen molar-refractivity contribution in [3.8, 4) is 11.6 Å². The number of carboxylic acids is 1. The second-order valence-corrected chi connectivity index (χ2v) is 11.8. The van der Waals surface area contributed by atoms with Gasteiger partial charge in [0, 0.05) is 23.6 Å². The molecule has 2 N–H and O–H groups in total. The van der Waals surface area contributed by atoms with Crippen LogP contribution in [0.15, 0.2) is 30.5 Å². The number of hydrogen-bond donors (Lipinski definition) is 2. The molecule has 13 heteroatoms. The van der Waals surface area contributed by atoms with Crippen LogP contribution in [0.4, 0.5) is 13.2 Å². The van der Waals surface area contributed by atoms with Crippen LogP contribution in [-0.4, -0.2) is 84.5 Å². The number of aliphatic carboxylic acids is 1. The fourth-order valence-electron chi connectivity index (χ4n) is 6.37. The molecule has 3 heterocycles. The van der Waals surface area contributed by atoms with E-state index in [1.54, 1.807) is 18.2 Å². The molecule has 1 aromatic heterocycles. The van der Waals surface area contributed by atoms with Crippen molar-refractivity contribution in [2.45, 2.75) is 88.6 Å². The zero-order valence-electron chi connectivity index (χ0n) is 26.2. The molecule has 0 unspecified atom stereocenters. The standard InChI is InChI=1S/C31H41N3O5.C2HF3O2/c1-37-27-18-22-14-16-33-29-25(22)17-23(27)13-7-4-3-5-10-15-32-28(21-11-8-6-9-12-21)30(35)34-20-24(39-29)19-26(34)31(36)38-2;3-2(4,5)1(6)7/h7,13-14,16-18,21,24,26,28,32H,3-6,8-12,15,19-20H2,1-2H3;(H,6,7)/b13-7-;/t24-,26+,28+;/m1./s1. The molecule has 5 rings (SSSR count). The lowest BCUT2D eigenvalue weighted by atomic mass is 9.83. The normalized spacial score (nSPS) is 23.8. The second-order valence-electron chi connectivity index (χ2n) is 11.8. The van der Waals surface area contributed by atoms with Crippen molar-refractivity contribution >= 4 is 34.7 Å². The first-order chi connectivity index (χ1) is 22.0. The Morgan fingerprint density at radius 3 is 2.48 bits per heavy atom. The van der Waals surface area contributed by atoms with Gasteiger partial charge in [-0.1, -0.05) is 37.8 Å². The van der Waals surface area contributed by atoms with Crippen molar-refractivity contribution in [3.05, 3.63) is 36.0 Å². The smallest absolute Gasteiger partial charge is 0.490 e. The minimum Gasteiger partial charge on any atom is -0.496 e. The van der Waals surface area contributed by atoms with Gasteiger partial charge < -0.3 is 29.5 Å². The Morgan fingerprint density at radius 2 is 1.80 bits per heavy atom. The molecular formula is C33H42F3N3O7. The van der Waals surface area contributed by atoms with Crippen LogP contribution in [0.25, 0.3) is 16.8 Å². The number of aromatic nitrogens is 1. The Balaban J connectivity index is 0.000000617. The highest BCUT2D eigenvalue weighted by Crippen LogP contribution is 2.34. The summed E-state index contributed by atoms with van der Waals surface area (Å²) >= 11 is 0. The number of carbonyl (C=O) groups is 3. The lowest BCUT2D eigenvalue weighted by Gasteiger charge is -2.34. The van der Waals surface area contributed by atoms with Crippen LogP contribution in [0.5, 0.6) is 11.6 Å². The Bertz CT molecular complexity index is 1390. The number of nitrogens with one attached hydrogen (secondary N) is 1. The molecule has 46 heavy (non-hydrogen) atoms. The van der Waals surface area contributed by atoms with E-state index in [4.69, 9.17) is 24.1 Å². The number of carboxylic acid groups (broad SMARTS) is 1. The molecule has 1 amide bonds. The Kier molecular flexibility index (Phi) is 12.3. The SMILES string of the molecule is COC(=O)[C@@H]1C[C@@H]2CN1C(=O)[C@H](C1CCCCC1)NCCCCC/C=C\c1cc3c(nccc3cc1OC)O2.O=C(O)C(F)(F)F. The van der Waals surface area contributed by atoms with E-state index in [1.165, 1.54) is 13.5 Å². The third-order valence-corrected chi connectivity index (χ3v) is 8.71. The van der Waals surface area contributed by atoms with E-state index in [0.29, 0.717) is 18.8 Å². The highest BCUT2D eigenvalue weighted by Gasteiger charge is 2.45. The Labute approximate surface area is 266 Å². The number of amides is 1. The van der Waals surface area contributed by atoms with Gasteiger partial charge in [0.05, 0.1) is 26.8 Å². The van der Waals surface area contributed by atoms with Crippen LogP contribution in [0.3, 0.4) is 0 Å². The van der Waals surface area contributed by atoms with Gasteiger partial charge in [-0.05, 0) is 68.2 Å². The fourth-order valence-corrected chi connectivity index (χ4v) is 6.37. The minimum atomic E-state index is -5.08. The maximum Gasteiger partial charge on any atom is 0.490 e. The number of hydrogen-bond acceptors (Lipinski definition) is 8. The summed E-state index contributed by atoms with van der Waals surface area (Å²) in [7, 11) is 3.06. The summed E-state index contributed by atoms with van der Waals surface area (Å²) in [5, 5.41) is 12.6. The first kappa shape index (κ1) is 35.0. The lowest BCUT2D eigenvalue weighted by molar-refractivity contribution is -0.192. The number of allylic oxidation sites excluding steroid dienone is 1. The van der Waals surface area contributed by atoms with Gasteiger partial charge in [0.15, 0.2) is 0 Å². The molecule has 2 aromatic rings. The summed E-state index contributed by atoms with van der Waals surface area (Å²) < 4.78 is 49.0. The number of ether oxygens (including phenoxy) is 3. The number of benzene rings is 1. The topological polar surface area (TPSA) is 127 Å². The zero-order chi connectivity index (χ0) is 33.3. The number of pyridine rings is 1. The van der Waals surface area contributed by atoms with Crippen molar-refractivity contribution in [1.29, 1.82) is 0 Å². The van der Waals surface area contributed by atoms with Crippen LogP contribution in [0.1, 0.15) is 69.8 Å². The predicted molar refractivity (Wildman–Crippen MR) is 164 cm³/mol. The summed E-state index contributed by atoms with van der Waals surface area (Å²) in [5.74, 6) is -1.59. The van der Waals surface area contributed by atoms with Gasteiger partial charge in [-0.3, -0.25) is 4.79 Å². The van der Waals surface area contributed by atoms with Gasteiger partial charge in [-0.25, -0.2) is 14.6 Å². The highest BCUT2D eigenvalue weighted by atomic mass is 19.4. The van der Waals surface area contributed by atoms with E-state index < -0.39 is 24.2 Å². The molecule has 0 radical (unpaired) electrons. The van der Waals surface area contributed by atoms with Gasteiger partial charge >= 0.3 is 18.1 Å². The molecule has 2 fully saturated rings. The third kappa shape index (κ3) is 8.89. The predicted octanol–water partition coefficient (Wildman–Crippen LogP) is 5.52. The average Bonchev–Trinajstić information content (AvgIpc) is 3.47. The van der Waals surface area contributed by atoms with Gasteiger partial charge in [-0.15, -0.1) is 0 Å². The fraction of sp³-hybridized carbons (Fsp3) is 0.576. The van der Waals surface area contributed by atoms with E-state index >= 15 is 0 Å². The maximum absolute atomic E-state index is 14.1. The monoisotopic (exact) mass is 649 g/mol. The summed E-state index contributed by atoms with van der Waals surface area (Å²) in [5.41, 5.74) is 0.969. The zero-order valence-corrected chi connectivity index (χ0v) is 26.2. The minimum absolute atomic E-state index is 0.00893. The molecule has 1 saturated heterocycles. The van der Waals surface area contributed by atoms with Crippen LogP contribution in [0.2, 0.25) is 0 Å². The lowest BCUT2D eigenvalue weighted by Crippen LogP contribution is -2.54. The molecule has 1 saturated carbocycles. The van der Waals surface area contributed by atoms with E-state index in [1.807, 2.05) is 12.1 Å². The van der Waals surface area contributed by atoms with Crippen LogP contribution in [-0.2, 0) is 19.1 Å². The number of rotatable bonds is 3.